The molecule has 2 rings (SSSR count). The first-order valence-corrected chi connectivity index (χ1v) is 6.60. The molecule has 0 heterocycles. The number of nitrogens with one attached hydrogen (secondary N) is 1. The van der Waals surface area contributed by atoms with Crippen molar-refractivity contribution in [3.63, 3.8) is 0 Å². The molecule has 2 aromatic carbocycles. The van der Waals surface area contributed by atoms with Crippen molar-refractivity contribution in [1.29, 1.82) is 0 Å². The number of rotatable bonds is 5. The van der Waals surface area contributed by atoms with Crippen molar-refractivity contribution in [3.8, 4) is 0 Å². The Balaban J connectivity index is 2.00. The molecule has 2 atom stereocenters. The molecular formula is C16H16F3NO. The molecule has 0 fully saturated rings. The van der Waals surface area contributed by atoms with Gasteiger partial charge < -0.3 is 10.4 Å². The molecule has 0 bridgehead atoms. The maximum absolute atomic E-state index is 13.5. The summed E-state index contributed by atoms with van der Waals surface area (Å²) in [5, 5.41) is 12.9. The van der Waals surface area contributed by atoms with Gasteiger partial charge in [-0.3, -0.25) is 0 Å². The van der Waals surface area contributed by atoms with Crippen LogP contribution in [-0.2, 0) is 0 Å². The number of hydrogen-bond acceptors (Lipinski definition) is 2. The Hall–Kier alpha value is -1.85. The molecule has 5 heteroatoms. The maximum Gasteiger partial charge on any atom is 0.131 e. The molecule has 2 unspecified atom stereocenters. The van der Waals surface area contributed by atoms with Crippen LogP contribution in [0.1, 0.15) is 30.2 Å². The molecule has 0 aromatic heterocycles. The van der Waals surface area contributed by atoms with Crippen molar-refractivity contribution < 1.29 is 18.3 Å². The highest BCUT2D eigenvalue weighted by Crippen LogP contribution is 2.21. The molecule has 112 valence electrons. The lowest BCUT2D eigenvalue weighted by atomic mass is 10.1. The largest absolute Gasteiger partial charge is 0.387 e. The van der Waals surface area contributed by atoms with E-state index in [1.54, 1.807) is 12.1 Å². The predicted octanol–water partition coefficient (Wildman–Crippen LogP) is 3.49. The van der Waals surface area contributed by atoms with Crippen molar-refractivity contribution >= 4 is 0 Å². The van der Waals surface area contributed by atoms with E-state index in [0.29, 0.717) is 0 Å². The third-order valence-electron chi connectivity index (χ3n) is 3.32. The Labute approximate surface area is 121 Å². The highest BCUT2D eigenvalue weighted by molar-refractivity contribution is 5.23. The highest BCUT2D eigenvalue weighted by atomic mass is 19.1. The van der Waals surface area contributed by atoms with Crippen LogP contribution < -0.4 is 5.32 Å². The molecule has 0 aliphatic rings. The van der Waals surface area contributed by atoms with E-state index in [0.717, 1.165) is 17.7 Å². The SMILES string of the molecule is CC(NCC(O)c1c(F)cccc1F)c1ccc(F)cc1. The molecular weight excluding hydrogens is 279 g/mol. The standard InChI is InChI=1S/C16H16F3NO/c1-10(11-5-7-12(17)8-6-11)20-9-15(21)16-13(18)3-2-4-14(16)19/h2-8,10,15,20-21H,9H2,1H3. The molecule has 0 saturated carbocycles. The predicted molar refractivity (Wildman–Crippen MR) is 74.1 cm³/mol. The van der Waals surface area contributed by atoms with Crippen LogP contribution in [0.15, 0.2) is 42.5 Å². The summed E-state index contributed by atoms with van der Waals surface area (Å²) >= 11 is 0. The number of hydrogen-bond donors (Lipinski definition) is 2. The van der Waals surface area contributed by atoms with E-state index in [4.69, 9.17) is 0 Å². The Kier molecular flexibility index (Phi) is 4.98. The van der Waals surface area contributed by atoms with E-state index < -0.39 is 17.7 Å². The van der Waals surface area contributed by atoms with Gasteiger partial charge in [-0.25, -0.2) is 13.2 Å². The molecule has 0 aliphatic heterocycles. The van der Waals surface area contributed by atoms with E-state index in [-0.39, 0.29) is 24.0 Å². The maximum atomic E-state index is 13.5. The van der Waals surface area contributed by atoms with Crippen molar-refractivity contribution in [2.24, 2.45) is 0 Å². The first-order valence-electron chi connectivity index (χ1n) is 6.60. The van der Waals surface area contributed by atoms with Crippen LogP contribution in [0.4, 0.5) is 13.2 Å². The van der Waals surface area contributed by atoms with Crippen molar-refractivity contribution in [2.45, 2.75) is 19.1 Å². The van der Waals surface area contributed by atoms with Crippen LogP contribution in [0.5, 0.6) is 0 Å². The Bertz CT molecular complexity index is 581. The van der Waals surface area contributed by atoms with E-state index >= 15 is 0 Å². The fourth-order valence-corrected chi connectivity index (χ4v) is 2.09. The van der Waals surface area contributed by atoms with Crippen molar-refractivity contribution in [1.82, 2.24) is 5.32 Å². The molecule has 0 aliphatic carbocycles. The van der Waals surface area contributed by atoms with Gasteiger partial charge in [0.15, 0.2) is 0 Å². The summed E-state index contributed by atoms with van der Waals surface area (Å²) in [6.07, 6.45) is -1.30. The molecule has 2 aromatic rings. The zero-order valence-electron chi connectivity index (χ0n) is 11.5. The minimum atomic E-state index is -1.30. The van der Waals surface area contributed by atoms with Gasteiger partial charge in [-0.05, 0) is 36.8 Å². The Morgan fingerprint density at radius 3 is 2.14 bits per heavy atom. The topological polar surface area (TPSA) is 32.3 Å². The second-order valence-electron chi connectivity index (χ2n) is 4.83. The first-order chi connectivity index (χ1) is 9.99. The summed E-state index contributed by atoms with van der Waals surface area (Å²) in [5.74, 6) is -1.89. The summed E-state index contributed by atoms with van der Waals surface area (Å²) in [6, 6.07) is 9.16. The van der Waals surface area contributed by atoms with Crippen LogP contribution in [0.3, 0.4) is 0 Å². The molecule has 0 radical (unpaired) electrons. The molecule has 2 N–H and O–H groups in total. The molecule has 0 spiro atoms. The average molecular weight is 295 g/mol. The van der Waals surface area contributed by atoms with Gasteiger partial charge in [0.2, 0.25) is 0 Å². The monoisotopic (exact) mass is 295 g/mol. The summed E-state index contributed by atoms with van der Waals surface area (Å²) in [7, 11) is 0. The Morgan fingerprint density at radius 2 is 1.57 bits per heavy atom. The minimum absolute atomic E-state index is 0.0175. The molecule has 0 saturated heterocycles. The highest BCUT2D eigenvalue weighted by Gasteiger charge is 2.18. The zero-order chi connectivity index (χ0) is 15.4. The number of aliphatic hydroxyl groups excluding tert-OH is 1. The van der Waals surface area contributed by atoms with Crippen LogP contribution in [-0.4, -0.2) is 11.7 Å². The molecule has 2 nitrogen and oxygen atoms in total. The fourth-order valence-electron chi connectivity index (χ4n) is 2.09. The zero-order valence-corrected chi connectivity index (χ0v) is 11.5. The van der Waals surface area contributed by atoms with E-state index in [1.165, 1.54) is 18.2 Å². The van der Waals surface area contributed by atoms with Crippen LogP contribution in [0.25, 0.3) is 0 Å². The summed E-state index contributed by atoms with van der Waals surface area (Å²) in [5.41, 5.74) is 0.467. The third-order valence-corrected chi connectivity index (χ3v) is 3.32. The minimum Gasteiger partial charge on any atom is -0.387 e. The normalized spacial score (nSPS) is 14.0. The number of aliphatic hydroxyl groups is 1. The van der Waals surface area contributed by atoms with Gasteiger partial charge in [0.25, 0.3) is 0 Å². The van der Waals surface area contributed by atoms with Gasteiger partial charge in [0.05, 0.1) is 11.7 Å². The smallest absolute Gasteiger partial charge is 0.131 e. The lowest BCUT2D eigenvalue weighted by Crippen LogP contribution is -2.25. The summed E-state index contributed by atoms with van der Waals surface area (Å²) < 4.78 is 39.9. The van der Waals surface area contributed by atoms with Gasteiger partial charge in [-0.2, -0.15) is 0 Å². The molecule has 21 heavy (non-hydrogen) atoms. The second kappa shape index (κ2) is 6.74. The van der Waals surface area contributed by atoms with Gasteiger partial charge in [-0.1, -0.05) is 18.2 Å². The van der Waals surface area contributed by atoms with Crippen LogP contribution >= 0.6 is 0 Å². The first kappa shape index (κ1) is 15.5. The lowest BCUT2D eigenvalue weighted by Gasteiger charge is -2.18. The summed E-state index contributed by atoms with van der Waals surface area (Å²) in [4.78, 5) is 0. The van der Waals surface area contributed by atoms with Crippen LogP contribution in [0, 0.1) is 17.5 Å². The quantitative estimate of drug-likeness (QED) is 0.885. The third kappa shape index (κ3) is 3.83. The van der Waals surface area contributed by atoms with Crippen LogP contribution in [0.2, 0.25) is 0 Å². The van der Waals surface area contributed by atoms with Gasteiger partial charge in [0, 0.05) is 12.6 Å². The van der Waals surface area contributed by atoms with E-state index in [1.807, 2.05) is 6.92 Å². The average Bonchev–Trinajstić information content (AvgIpc) is 2.45. The van der Waals surface area contributed by atoms with Crippen molar-refractivity contribution in [2.75, 3.05) is 6.54 Å². The Morgan fingerprint density at radius 1 is 1.00 bits per heavy atom. The van der Waals surface area contributed by atoms with Crippen molar-refractivity contribution in [3.05, 3.63) is 71.0 Å². The summed E-state index contributed by atoms with van der Waals surface area (Å²) in [6.45, 7) is 1.80. The van der Waals surface area contributed by atoms with Gasteiger partial charge >= 0.3 is 0 Å². The van der Waals surface area contributed by atoms with Gasteiger partial charge in [0.1, 0.15) is 17.5 Å². The second-order valence-corrected chi connectivity index (χ2v) is 4.83. The van der Waals surface area contributed by atoms with E-state index in [2.05, 4.69) is 5.32 Å². The fraction of sp³-hybridized carbons (Fsp3) is 0.250. The lowest BCUT2D eigenvalue weighted by molar-refractivity contribution is 0.161. The molecule has 0 amide bonds. The number of halogens is 3. The number of benzene rings is 2. The van der Waals surface area contributed by atoms with Gasteiger partial charge in [-0.15, -0.1) is 0 Å². The van der Waals surface area contributed by atoms with E-state index in [9.17, 15) is 18.3 Å².